The van der Waals surface area contributed by atoms with E-state index >= 15 is 0 Å². The maximum absolute atomic E-state index is 13.3. The standard InChI is InChI=1S/C47H81N17O13/c1-21(2)35(37(50)67)63-47(77)36(22(3)4)64-44(74)26(8)56-34(66)19-53-38(68)23(5)57-41(71)27(9)60-42(72)28(10)59-40(70)25(7)55-33(65)18-52-39(69)24(6)58-43(73)29(11)61-46(76)32(16-30-17-51-20-54-30)62-45(75)31(49)14-12-13-15-48/h17,20-29,31-32,35-36H,12-16,18-19,48-49H2,1-11H3,(H2,50,67)(H,51,54)(H,52,69)(H,53,68)(H,55,65)(H,56,66)(H,57,71)(H,58,73)(H,59,70)(H,60,72)(H,61,76)(H,62,75)(H,63,77)(H,64,74)/t23-,24-,25-,26-,27-,28-,29-,31-,32-,35-,36-/m0/s1. The van der Waals surface area contributed by atoms with Crippen molar-refractivity contribution in [1.29, 1.82) is 0 Å². The molecule has 0 aliphatic rings. The van der Waals surface area contributed by atoms with Gasteiger partial charge in [0.15, 0.2) is 0 Å². The van der Waals surface area contributed by atoms with Crippen LogP contribution in [0.4, 0.5) is 0 Å². The number of aromatic amines is 1. The lowest BCUT2D eigenvalue weighted by Gasteiger charge is -2.27. The van der Waals surface area contributed by atoms with Crippen molar-refractivity contribution in [3.05, 3.63) is 18.2 Å². The number of carbonyl (C=O) groups excluding carboxylic acids is 13. The van der Waals surface area contributed by atoms with Gasteiger partial charge in [0.2, 0.25) is 76.8 Å². The SMILES string of the molecule is CC(C)[C@H](NC(=O)[C@@H](NC(=O)[C@H](C)NC(=O)CNC(=O)[C@H](C)NC(=O)[C@H](C)NC(=O)[C@H](C)NC(=O)[C@H](C)NC(=O)CNC(=O)[C@H](C)NC(=O)[C@H](C)NC(=O)[C@H](Cc1cnc[nH]1)NC(=O)[C@@H](N)CCCCN)C(C)C)C(N)=O. The Bertz CT molecular complexity index is 2230. The van der Waals surface area contributed by atoms with E-state index in [1.54, 1.807) is 27.7 Å². The molecule has 1 aromatic rings. The first kappa shape index (κ1) is 67.3. The van der Waals surface area contributed by atoms with Gasteiger partial charge >= 0.3 is 0 Å². The summed E-state index contributed by atoms with van der Waals surface area (Å²) in [5, 5.41) is 29.1. The summed E-state index contributed by atoms with van der Waals surface area (Å²) in [7, 11) is 0. The van der Waals surface area contributed by atoms with Crippen molar-refractivity contribution in [2.75, 3.05) is 19.6 Å². The van der Waals surface area contributed by atoms with Gasteiger partial charge in [-0.1, -0.05) is 34.1 Å². The van der Waals surface area contributed by atoms with Crippen LogP contribution in [0, 0.1) is 11.8 Å². The minimum atomic E-state index is -1.24. The van der Waals surface area contributed by atoms with Crippen molar-refractivity contribution in [3.8, 4) is 0 Å². The Balaban J connectivity index is 2.58. The smallest absolute Gasteiger partial charge is 0.243 e. The molecular formula is C47H81N17O13. The van der Waals surface area contributed by atoms with Crippen LogP contribution in [0.15, 0.2) is 12.5 Å². The predicted octanol–water partition coefficient (Wildman–Crippen LogP) is -6.57. The van der Waals surface area contributed by atoms with Crippen molar-refractivity contribution < 1.29 is 62.3 Å². The van der Waals surface area contributed by atoms with Crippen molar-refractivity contribution in [3.63, 3.8) is 0 Å². The molecule has 1 aromatic heterocycles. The number of nitrogens with zero attached hydrogens (tertiary/aromatic N) is 1. The highest BCUT2D eigenvalue weighted by Crippen LogP contribution is 2.08. The Morgan fingerprint density at radius 1 is 0.468 bits per heavy atom. The van der Waals surface area contributed by atoms with Crippen LogP contribution < -0.4 is 81.0 Å². The highest BCUT2D eigenvalue weighted by atomic mass is 16.2. The number of rotatable bonds is 33. The van der Waals surface area contributed by atoms with E-state index in [4.69, 9.17) is 17.2 Å². The first-order valence-electron chi connectivity index (χ1n) is 25.2. The fourth-order valence-corrected chi connectivity index (χ4v) is 6.72. The van der Waals surface area contributed by atoms with E-state index in [9.17, 15) is 62.3 Å². The molecule has 0 spiro atoms. The number of hydrogen-bond donors (Lipinski definition) is 16. The third kappa shape index (κ3) is 24.6. The molecule has 0 bridgehead atoms. The maximum atomic E-state index is 13.3. The van der Waals surface area contributed by atoms with Gasteiger partial charge in [-0.25, -0.2) is 4.98 Å². The van der Waals surface area contributed by atoms with Gasteiger partial charge in [0.25, 0.3) is 0 Å². The number of H-pyrrole nitrogens is 1. The normalized spacial score (nSPS) is 15.3. The first-order chi connectivity index (χ1) is 35.9. The number of imidazole rings is 1. The molecular weight excluding hydrogens is 1010 g/mol. The molecule has 11 atom stereocenters. The lowest BCUT2D eigenvalue weighted by atomic mass is 9.99. The molecule has 30 heteroatoms. The average molecular weight is 1090 g/mol. The molecule has 1 heterocycles. The topological polar surface area (TPSA) is 473 Å². The zero-order chi connectivity index (χ0) is 58.9. The molecule has 77 heavy (non-hydrogen) atoms. The van der Waals surface area contributed by atoms with E-state index < -0.39 is 162 Å². The Kier molecular flexibility index (Phi) is 29.1. The number of nitrogens with one attached hydrogen (secondary N) is 13. The fourth-order valence-electron chi connectivity index (χ4n) is 6.72. The van der Waals surface area contributed by atoms with E-state index in [2.05, 4.69) is 73.8 Å². The Labute approximate surface area is 447 Å². The molecule has 0 aliphatic heterocycles. The number of aromatic nitrogens is 2. The second-order valence-corrected chi connectivity index (χ2v) is 19.3. The van der Waals surface area contributed by atoms with E-state index in [-0.39, 0.29) is 12.3 Å². The van der Waals surface area contributed by atoms with E-state index in [1.807, 2.05) is 0 Å². The Morgan fingerprint density at radius 2 is 0.844 bits per heavy atom. The zero-order valence-corrected chi connectivity index (χ0v) is 45.6. The number of hydrogen-bond acceptors (Lipinski definition) is 16. The van der Waals surface area contributed by atoms with Crippen LogP contribution in [0.25, 0.3) is 0 Å². The van der Waals surface area contributed by atoms with Crippen LogP contribution in [0.2, 0.25) is 0 Å². The summed E-state index contributed by atoms with van der Waals surface area (Å²) in [6.45, 7) is 15.1. The van der Waals surface area contributed by atoms with Crippen molar-refractivity contribution >= 4 is 76.8 Å². The molecule has 0 saturated carbocycles. The second kappa shape index (κ2) is 33.3. The molecule has 13 amide bonds. The lowest BCUT2D eigenvalue weighted by molar-refractivity contribution is -0.134. The largest absolute Gasteiger partial charge is 0.368 e. The van der Waals surface area contributed by atoms with Crippen LogP contribution >= 0.6 is 0 Å². The van der Waals surface area contributed by atoms with E-state index in [1.165, 1.54) is 61.0 Å². The van der Waals surface area contributed by atoms with Crippen molar-refractivity contribution in [2.45, 2.75) is 168 Å². The Hall–Kier alpha value is -7.76. The van der Waals surface area contributed by atoms with Crippen molar-refractivity contribution in [1.82, 2.24) is 73.8 Å². The number of nitrogens with two attached hydrogens (primary N) is 3. The summed E-state index contributed by atoms with van der Waals surface area (Å²) < 4.78 is 0. The monoisotopic (exact) mass is 1090 g/mol. The van der Waals surface area contributed by atoms with Gasteiger partial charge in [-0.05, 0) is 79.7 Å². The third-order valence-corrected chi connectivity index (χ3v) is 11.6. The number of carbonyl (C=O) groups is 13. The molecule has 432 valence electrons. The van der Waals surface area contributed by atoms with Gasteiger partial charge < -0.3 is 86.0 Å². The molecule has 30 nitrogen and oxygen atoms in total. The maximum Gasteiger partial charge on any atom is 0.243 e. The average Bonchev–Trinajstić information content (AvgIpc) is 3.87. The number of primary amides is 1. The first-order valence-corrected chi connectivity index (χ1v) is 25.2. The minimum Gasteiger partial charge on any atom is -0.368 e. The predicted molar refractivity (Wildman–Crippen MR) is 277 cm³/mol. The van der Waals surface area contributed by atoms with Gasteiger partial charge in [-0.15, -0.1) is 0 Å². The molecule has 0 unspecified atom stereocenters. The van der Waals surface area contributed by atoms with E-state index in [0.29, 0.717) is 31.5 Å². The van der Waals surface area contributed by atoms with Crippen LogP contribution in [0.1, 0.15) is 101 Å². The van der Waals surface area contributed by atoms with E-state index in [0.717, 1.165) is 0 Å². The summed E-state index contributed by atoms with van der Waals surface area (Å²) in [6.07, 6.45) is 4.47. The molecule has 0 fully saturated rings. The van der Waals surface area contributed by atoms with Gasteiger partial charge in [0, 0.05) is 18.3 Å². The highest BCUT2D eigenvalue weighted by molar-refractivity contribution is 5.98. The van der Waals surface area contributed by atoms with Gasteiger partial charge in [-0.3, -0.25) is 62.3 Å². The minimum absolute atomic E-state index is 0.00184. The highest BCUT2D eigenvalue weighted by Gasteiger charge is 2.32. The van der Waals surface area contributed by atoms with Crippen LogP contribution in [0.5, 0.6) is 0 Å². The van der Waals surface area contributed by atoms with Gasteiger partial charge in [0.05, 0.1) is 25.5 Å². The summed E-state index contributed by atoms with van der Waals surface area (Å²) in [5.74, 6) is -10.5. The number of amides is 13. The molecule has 0 saturated heterocycles. The molecule has 0 aromatic carbocycles. The van der Waals surface area contributed by atoms with Crippen molar-refractivity contribution in [2.24, 2.45) is 29.0 Å². The summed E-state index contributed by atoms with van der Waals surface area (Å²) in [4.78, 5) is 173. The van der Waals surface area contributed by atoms with Crippen LogP contribution in [0.3, 0.4) is 0 Å². The van der Waals surface area contributed by atoms with Crippen LogP contribution in [-0.2, 0) is 68.7 Å². The molecule has 0 aliphatic carbocycles. The third-order valence-electron chi connectivity index (χ3n) is 11.6. The molecule has 0 radical (unpaired) electrons. The summed E-state index contributed by atoms with van der Waals surface area (Å²) in [6, 6.07) is -12.5. The zero-order valence-electron chi connectivity index (χ0n) is 45.6. The summed E-state index contributed by atoms with van der Waals surface area (Å²) in [5.41, 5.74) is 17.4. The number of unbranched alkanes of at least 4 members (excludes halogenated alkanes) is 1. The second-order valence-electron chi connectivity index (χ2n) is 19.3. The quantitative estimate of drug-likeness (QED) is 0.0291. The Morgan fingerprint density at radius 3 is 1.22 bits per heavy atom. The fraction of sp³-hybridized carbons (Fsp3) is 0.660. The molecule has 1 rings (SSSR count). The molecule has 19 N–H and O–H groups in total. The van der Waals surface area contributed by atoms with Gasteiger partial charge in [0.1, 0.15) is 60.4 Å². The lowest BCUT2D eigenvalue weighted by Crippen LogP contribution is -2.58. The summed E-state index contributed by atoms with van der Waals surface area (Å²) >= 11 is 0. The van der Waals surface area contributed by atoms with Gasteiger partial charge in [-0.2, -0.15) is 0 Å². The van der Waals surface area contributed by atoms with Crippen LogP contribution in [-0.4, -0.2) is 173 Å².